The molecule has 0 bridgehead atoms. The predicted molar refractivity (Wildman–Crippen MR) is 154 cm³/mol. The monoisotopic (exact) mass is 540 g/mol. The number of hydrogen-bond acceptors (Lipinski definition) is 6. The van der Waals surface area contributed by atoms with Crippen molar-refractivity contribution in [3.8, 4) is 11.5 Å². The lowest BCUT2D eigenvalue weighted by molar-refractivity contribution is -0.120. The van der Waals surface area contributed by atoms with Gasteiger partial charge in [-0.25, -0.2) is 0 Å². The van der Waals surface area contributed by atoms with Crippen LogP contribution in [0.2, 0.25) is 0 Å². The topological polar surface area (TPSA) is 84.0 Å². The lowest BCUT2D eigenvalue weighted by atomic mass is 9.72. The zero-order chi connectivity index (χ0) is 27.5. The number of fused-ring (bicyclic) bond motifs is 1. The van der Waals surface area contributed by atoms with Crippen LogP contribution in [0.25, 0.3) is 0 Å². The summed E-state index contributed by atoms with van der Waals surface area (Å²) in [6, 6.07) is 18.5. The van der Waals surface area contributed by atoms with E-state index in [1.54, 1.807) is 24.1 Å². The zero-order valence-corrected chi connectivity index (χ0v) is 23.0. The van der Waals surface area contributed by atoms with Gasteiger partial charge in [-0.2, -0.15) is 0 Å². The molecular formula is C32H36N4O4. The SMILES string of the molecule is CN1C(=O)C(NC(=O)c2cc(Oc3ccccc3)ccn2)CCc2ccc(N3CCC4(CCOCC4)CC3)cc21. The number of aromatic nitrogens is 1. The van der Waals surface area contributed by atoms with Crippen molar-refractivity contribution in [2.75, 3.05) is 43.2 Å². The van der Waals surface area contributed by atoms with E-state index in [4.69, 9.17) is 9.47 Å². The first-order chi connectivity index (χ1) is 19.5. The van der Waals surface area contributed by atoms with Crippen molar-refractivity contribution >= 4 is 23.2 Å². The summed E-state index contributed by atoms with van der Waals surface area (Å²) in [6.45, 7) is 3.81. The number of anilines is 2. The number of likely N-dealkylation sites (N-methyl/N-ethyl adjacent to an activating group) is 1. The molecule has 0 aliphatic carbocycles. The second-order valence-electron chi connectivity index (χ2n) is 11.2. The Morgan fingerprint density at radius 1 is 1.00 bits per heavy atom. The number of rotatable bonds is 5. The average molecular weight is 541 g/mol. The molecule has 2 amide bonds. The van der Waals surface area contributed by atoms with E-state index in [-0.39, 0.29) is 11.6 Å². The van der Waals surface area contributed by atoms with E-state index >= 15 is 0 Å². The fraction of sp³-hybridized carbons (Fsp3) is 0.406. The molecule has 2 saturated heterocycles. The lowest BCUT2D eigenvalue weighted by Gasteiger charge is -2.45. The van der Waals surface area contributed by atoms with E-state index in [2.05, 4.69) is 33.4 Å². The Morgan fingerprint density at radius 3 is 2.55 bits per heavy atom. The van der Waals surface area contributed by atoms with Crippen LogP contribution in [-0.2, 0) is 16.0 Å². The number of pyridine rings is 1. The quantitative estimate of drug-likeness (QED) is 0.492. The van der Waals surface area contributed by atoms with Gasteiger partial charge in [-0.15, -0.1) is 0 Å². The molecule has 3 aromatic rings. The van der Waals surface area contributed by atoms with Crippen LogP contribution in [0.5, 0.6) is 11.5 Å². The van der Waals surface area contributed by atoms with Crippen LogP contribution >= 0.6 is 0 Å². The lowest BCUT2D eigenvalue weighted by Crippen LogP contribution is -2.47. The van der Waals surface area contributed by atoms with Crippen LogP contribution in [0.4, 0.5) is 11.4 Å². The van der Waals surface area contributed by atoms with Gasteiger partial charge >= 0.3 is 0 Å². The van der Waals surface area contributed by atoms with Gasteiger partial charge in [-0.05, 0) is 79.8 Å². The molecule has 8 nitrogen and oxygen atoms in total. The number of nitrogens with zero attached hydrogens (tertiary/aromatic N) is 3. The molecule has 0 saturated carbocycles. The third-order valence-corrected chi connectivity index (χ3v) is 8.75. The van der Waals surface area contributed by atoms with Gasteiger partial charge in [0.25, 0.3) is 5.91 Å². The molecular weight excluding hydrogens is 504 g/mol. The average Bonchev–Trinajstić information content (AvgIpc) is 3.10. The molecule has 0 radical (unpaired) electrons. The summed E-state index contributed by atoms with van der Waals surface area (Å²) in [5, 5.41) is 2.92. The van der Waals surface area contributed by atoms with Crippen LogP contribution in [0.1, 0.15) is 48.2 Å². The molecule has 3 aliphatic heterocycles. The summed E-state index contributed by atoms with van der Waals surface area (Å²) in [5.74, 6) is 0.662. The molecule has 40 heavy (non-hydrogen) atoms. The van der Waals surface area contributed by atoms with Gasteiger partial charge in [0.2, 0.25) is 5.91 Å². The Kier molecular flexibility index (Phi) is 7.43. The van der Waals surface area contributed by atoms with Crippen molar-refractivity contribution < 1.29 is 19.1 Å². The molecule has 2 aromatic carbocycles. The Labute approximate surface area is 235 Å². The molecule has 1 N–H and O–H groups in total. The number of benzene rings is 2. The van der Waals surface area contributed by atoms with Crippen molar-refractivity contribution in [2.24, 2.45) is 5.41 Å². The summed E-state index contributed by atoms with van der Waals surface area (Å²) < 4.78 is 11.5. The van der Waals surface area contributed by atoms with Gasteiger partial charge in [0, 0.05) is 57.0 Å². The minimum Gasteiger partial charge on any atom is -0.457 e. The van der Waals surface area contributed by atoms with Crippen LogP contribution in [0.3, 0.4) is 0 Å². The molecule has 208 valence electrons. The summed E-state index contributed by atoms with van der Waals surface area (Å²) >= 11 is 0. The van der Waals surface area contributed by atoms with Gasteiger partial charge in [0.15, 0.2) is 0 Å². The third-order valence-electron chi connectivity index (χ3n) is 8.75. The number of aryl methyl sites for hydroxylation is 1. The number of hydrogen-bond donors (Lipinski definition) is 1. The molecule has 1 atom stereocenters. The van der Waals surface area contributed by atoms with Crippen molar-refractivity contribution in [1.29, 1.82) is 0 Å². The van der Waals surface area contributed by atoms with E-state index < -0.39 is 11.9 Å². The Balaban J connectivity index is 1.12. The zero-order valence-electron chi connectivity index (χ0n) is 23.0. The van der Waals surface area contributed by atoms with Gasteiger partial charge in [-0.3, -0.25) is 14.6 Å². The summed E-state index contributed by atoms with van der Waals surface area (Å²) in [5.41, 5.74) is 3.83. The van der Waals surface area contributed by atoms with Crippen molar-refractivity contribution in [3.63, 3.8) is 0 Å². The fourth-order valence-corrected chi connectivity index (χ4v) is 6.18. The molecule has 1 aromatic heterocycles. The Morgan fingerprint density at radius 2 is 1.77 bits per heavy atom. The van der Waals surface area contributed by atoms with Crippen LogP contribution in [0, 0.1) is 5.41 Å². The highest BCUT2D eigenvalue weighted by molar-refractivity contribution is 6.02. The van der Waals surface area contributed by atoms with E-state index in [0.29, 0.717) is 29.8 Å². The number of piperidine rings is 1. The molecule has 1 unspecified atom stereocenters. The van der Waals surface area contributed by atoms with E-state index in [1.807, 2.05) is 30.3 Å². The number of carbonyl (C=O) groups excluding carboxylic acids is 2. The van der Waals surface area contributed by atoms with Crippen molar-refractivity contribution in [1.82, 2.24) is 10.3 Å². The van der Waals surface area contributed by atoms with Crippen molar-refractivity contribution in [2.45, 2.75) is 44.6 Å². The summed E-state index contributed by atoms with van der Waals surface area (Å²) in [4.78, 5) is 35.0. The van der Waals surface area contributed by atoms with Crippen LogP contribution in [-0.4, -0.2) is 56.2 Å². The smallest absolute Gasteiger partial charge is 0.270 e. The van der Waals surface area contributed by atoms with Crippen LogP contribution < -0.4 is 19.9 Å². The van der Waals surface area contributed by atoms with E-state index in [1.165, 1.54) is 19.0 Å². The molecule has 6 rings (SSSR count). The number of nitrogens with one attached hydrogen (secondary N) is 1. The van der Waals surface area contributed by atoms with E-state index in [9.17, 15) is 9.59 Å². The standard InChI is InChI=1S/C32H36N4O4/c1-35-29-21-24(36-17-12-32(13-18-36)14-19-39-20-15-32)9-7-23(29)8-10-27(31(35)38)34-30(37)28-22-26(11-16-33-28)40-25-5-3-2-4-6-25/h2-7,9,11,16,21-22,27H,8,10,12-15,17-20H2,1H3,(H,34,37). The second kappa shape index (κ2) is 11.3. The summed E-state index contributed by atoms with van der Waals surface area (Å²) in [7, 11) is 1.80. The maximum Gasteiger partial charge on any atom is 0.270 e. The van der Waals surface area contributed by atoms with Crippen LogP contribution in [0.15, 0.2) is 66.9 Å². The van der Waals surface area contributed by atoms with Gasteiger partial charge in [-0.1, -0.05) is 24.3 Å². The second-order valence-corrected chi connectivity index (χ2v) is 11.2. The maximum absolute atomic E-state index is 13.5. The third kappa shape index (κ3) is 5.54. The number of para-hydroxylation sites is 1. The number of amides is 2. The minimum atomic E-state index is -0.641. The summed E-state index contributed by atoms with van der Waals surface area (Å²) in [6.07, 6.45) is 7.45. The minimum absolute atomic E-state index is 0.124. The maximum atomic E-state index is 13.5. The van der Waals surface area contributed by atoms with Gasteiger partial charge < -0.3 is 24.6 Å². The Hall–Kier alpha value is -3.91. The highest BCUT2D eigenvalue weighted by Crippen LogP contribution is 2.42. The first kappa shape index (κ1) is 26.3. The molecule has 2 fully saturated rings. The largest absolute Gasteiger partial charge is 0.457 e. The first-order valence-corrected chi connectivity index (χ1v) is 14.2. The molecule has 8 heteroatoms. The highest BCUT2D eigenvalue weighted by atomic mass is 16.5. The first-order valence-electron chi connectivity index (χ1n) is 14.2. The highest BCUT2D eigenvalue weighted by Gasteiger charge is 2.36. The number of ether oxygens (including phenoxy) is 2. The van der Waals surface area contributed by atoms with Gasteiger partial charge in [0.1, 0.15) is 23.2 Å². The molecule has 3 aliphatic rings. The van der Waals surface area contributed by atoms with Crippen molar-refractivity contribution in [3.05, 3.63) is 78.1 Å². The normalized spacial score (nSPS) is 20.5. The Bertz CT molecular complexity index is 1360. The van der Waals surface area contributed by atoms with Gasteiger partial charge in [0.05, 0.1) is 0 Å². The number of carbonyl (C=O) groups is 2. The molecule has 4 heterocycles. The predicted octanol–water partition coefficient (Wildman–Crippen LogP) is 4.98. The van der Waals surface area contributed by atoms with E-state index in [0.717, 1.165) is 56.1 Å². The molecule has 1 spiro atoms. The fourth-order valence-electron chi connectivity index (χ4n) is 6.18.